The summed E-state index contributed by atoms with van der Waals surface area (Å²) in [6.07, 6.45) is 0. The van der Waals surface area contributed by atoms with E-state index in [1.807, 2.05) is 6.07 Å². The van der Waals surface area contributed by atoms with Crippen molar-refractivity contribution in [2.45, 2.75) is 6.54 Å². The van der Waals surface area contributed by atoms with Gasteiger partial charge in [0, 0.05) is 18.6 Å². The first kappa shape index (κ1) is 13.8. The summed E-state index contributed by atoms with van der Waals surface area (Å²) in [6.45, 7) is 0.363. The minimum Gasteiger partial charge on any atom is -0.323 e. The van der Waals surface area contributed by atoms with Gasteiger partial charge >= 0.3 is 6.03 Å². The molecule has 0 spiro atoms. The number of nitrogens with one attached hydrogen (secondary N) is 1. The van der Waals surface area contributed by atoms with Crippen molar-refractivity contribution in [2.24, 2.45) is 0 Å². The number of carbonyl (C=O) groups is 2. The van der Waals surface area contributed by atoms with Crippen molar-refractivity contribution < 1.29 is 9.59 Å². The zero-order chi connectivity index (χ0) is 12.8. The van der Waals surface area contributed by atoms with Gasteiger partial charge in [-0.05, 0) is 17.7 Å². The highest BCUT2D eigenvalue weighted by atomic mass is 35.5. The number of rotatable bonds is 3. The van der Waals surface area contributed by atoms with E-state index in [-0.39, 0.29) is 5.88 Å². The second-order valence-electron chi connectivity index (χ2n) is 3.47. The first-order valence-corrected chi connectivity index (χ1v) is 5.79. The molecule has 3 amide bonds. The first-order valence-electron chi connectivity index (χ1n) is 4.88. The molecule has 0 unspecified atom stereocenters. The number of carbonyl (C=O) groups excluding carboxylic acids is 2. The molecule has 0 aromatic heterocycles. The van der Waals surface area contributed by atoms with E-state index >= 15 is 0 Å². The Kier molecular flexibility index (Phi) is 5.25. The van der Waals surface area contributed by atoms with Crippen LogP contribution >= 0.6 is 23.2 Å². The minimum absolute atomic E-state index is 0.239. The number of benzene rings is 1. The third kappa shape index (κ3) is 4.63. The Morgan fingerprint density at radius 1 is 1.41 bits per heavy atom. The largest absolute Gasteiger partial charge is 0.324 e. The van der Waals surface area contributed by atoms with E-state index in [1.54, 1.807) is 25.2 Å². The molecule has 0 heterocycles. The summed E-state index contributed by atoms with van der Waals surface area (Å²) >= 11 is 11.1. The van der Waals surface area contributed by atoms with Gasteiger partial charge in [-0.15, -0.1) is 11.6 Å². The smallest absolute Gasteiger partial charge is 0.323 e. The van der Waals surface area contributed by atoms with Crippen LogP contribution in [0.4, 0.5) is 4.79 Å². The van der Waals surface area contributed by atoms with Crippen molar-refractivity contribution in [1.82, 2.24) is 10.2 Å². The number of hydrogen-bond acceptors (Lipinski definition) is 2. The predicted octanol–water partition coefficient (Wildman–Crippen LogP) is 2.25. The van der Waals surface area contributed by atoms with Gasteiger partial charge in [0.25, 0.3) is 0 Å². The molecular weight excluding hydrogens is 263 g/mol. The molecule has 0 bridgehead atoms. The van der Waals surface area contributed by atoms with E-state index in [0.29, 0.717) is 11.6 Å². The van der Waals surface area contributed by atoms with Crippen LogP contribution in [0.1, 0.15) is 5.56 Å². The van der Waals surface area contributed by atoms with E-state index < -0.39 is 11.9 Å². The molecule has 0 aliphatic heterocycles. The van der Waals surface area contributed by atoms with E-state index in [0.717, 1.165) is 5.56 Å². The van der Waals surface area contributed by atoms with Crippen LogP contribution in [-0.4, -0.2) is 29.8 Å². The number of imide groups is 1. The van der Waals surface area contributed by atoms with Gasteiger partial charge in [-0.25, -0.2) is 4.79 Å². The van der Waals surface area contributed by atoms with Crippen LogP contribution in [0.25, 0.3) is 0 Å². The molecular formula is C11H12Cl2N2O2. The van der Waals surface area contributed by atoms with Gasteiger partial charge in [-0.1, -0.05) is 23.7 Å². The second kappa shape index (κ2) is 6.47. The normalized spacial score (nSPS) is 9.82. The molecule has 0 saturated carbocycles. The number of nitrogens with zero attached hydrogens (tertiary/aromatic N) is 1. The Balaban J connectivity index is 2.57. The van der Waals surface area contributed by atoms with Crippen LogP contribution in [0, 0.1) is 0 Å². The monoisotopic (exact) mass is 274 g/mol. The van der Waals surface area contributed by atoms with Crippen molar-refractivity contribution in [2.75, 3.05) is 12.9 Å². The summed E-state index contributed by atoms with van der Waals surface area (Å²) in [5, 5.41) is 2.75. The predicted molar refractivity (Wildman–Crippen MR) is 67.2 cm³/mol. The number of urea groups is 1. The van der Waals surface area contributed by atoms with Crippen LogP contribution in [0.5, 0.6) is 0 Å². The Morgan fingerprint density at radius 2 is 2.12 bits per heavy atom. The molecule has 0 radical (unpaired) electrons. The van der Waals surface area contributed by atoms with Crippen molar-refractivity contribution in [1.29, 1.82) is 0 Å². The van der Waals surface area contributed by atoms with Gasteiger partial charge < -0.3 is 4.90 Å². The summed E-state index contributed by atoms with van der Waals surface area (Å²) < 4.78 is 0. The highest BCUT2D eigenvalue weighted by Crippen LogP contribution is 2.12. The molecule has 1 N–H and O–H groups in total. The molecule has 17 heavy (non-hydrogen) atoms. The van der Waals surface area contributed by atoms with E-state index in [9.17, 15) is 9.59 Å². The fourth-order valence-electron chi connectivity index (χ4n) is 1.23. The number of halogens is 2. The minimum atomic E-state index is -0.519. The van der Waals surface area contributed by atoms with Crippen LogP contribution in [0.3, 0.4) is 0 Å². The first-order chi connectivity index (χ1) is 8.02. The van der Waals surface area contributed by atoms with E-state index in [2.05, 4.69) is 5.32 Å². The summed E-state index contributed by atoms with van der Waals surface area (Å²) in [5.74, 6) is -0.758. The zero-order valence-corrected chi connectivity index (χ0v) is 10.8. The molecule has 92 valence electrons. The van der Waals surface area contributed by atoms with Crippen molar-refractivity contribution in [3.8, 4) is 0 Å². The maximum Gasteiger partial charge on any atom is 0.324 e. The topological polar surface area (TPSA) is 49.4 Å². The number of amides is 3. The summed E-state index contributed by atoms with van der Waals surface area (Å²) in [6, 6.07) is 6.67. The molecule has 4 nitrogen and oxygen atoms in total. The summed E-state index contributed by atoms with van der Waals surface area (Å²) in [5.41, 5.74) is 0.883. The van der Waals surface area contributed by atoms with Crippen molar-refractivity contribution in [3.63, 3.8) is 0 Å². The molecule has 1 aromatic carbocycles. The van der Waals surface area contributed by atoms with Gasteiger partial charge in [0.05, 0.1) is 0 Å². The lowest BCUT2D eigenvalue weighted by molar-refractivity contribution is -0.117. The highest BCUT2D eigenvalue weighted by molar-refractivity contribution is 6.30. The molecule has 6 heteroatoms. The van der Waals surface area contributed by atoms with E-state index in [1.165, 1.54) is 4.90 Å². The fraction of sp³-hybridized carbons (Fsp3) is 0.273. The van der Waals surface area contributed by atoms with Crippen molar-refractivity contribution >= 4 is 35.1 Å². The molecule has 0 aliphatic carbocycles. The molecule has 0 fully saturated rings. The third-order valence-electron chi connectivity index (χ3n) is 2.02. The lowest BCUT2D eigenvalue weighted by atomic mass is 10.2. The van der Waals surface area contributed by atoms with E-state index in [4.69, 9.17) is 23.2 Å². The highest BCUT2D eigenvalue weighted by Gasteiger charge is 2.11. The molecule has 1 rings (SSSR count). The maximum absolute atomic E-state index is 11.5. The van der Waals surface area contributed by atoms with Gasteiger partial charge in [0.1, 0.15) is 5.88 Å². The zero-order valence-electron chi connectivity index (χ0n) is 9.24. The quantitative estimate of drug-likeness (QED) is 0.860. The van der Waals surface area contributed by atoms with Gasteiger partial charge in [-0.3, -0.25) is 10.1 Å². The maximum atomic E-state index is 11.5. The SMILES string of the molecule is CN(Cc1cccc(Cl)c1)C(=O)NC(=O)CCl. The summed E-state index contributed by atoms with van der Waals surface area (Å²) in [7, 11) is 1.58. The van der Waals surface area contributed by atoms with Gasteiger partial charge in [0.15, 0.2) is 0 Å². The summed E-state index contributed by atoms with van der Waals surface area (Å²) in [4.78, 5) is 23.8. The van der Waals surface area contributed by atoms with Crippen LogP contribution in [0.15, 0.2) is 24.3 Å². The van der Waals surface area contributed by atoms with Crippen LogP contribution in [-0.2, 0) is 11.3 Å². The average Bonchev–Trinajstić information content (AvgIpc) is 2.28. The molecule has 0 aliphatic rings. The van der Waals surface area contributed by atoms with Crippen LogP contribution in [0.2, 0.25) is 5.02 Å². The molecule has 0 atom stereocenters. The average molecular weight is 275 g/mol. The Hall–Kier alpha value is -1.26. The number of hydrogen-bond donors (Lipinski definition) is 1. The number of alkyl halides is 1. The van der Waals surface area contributed by atoms with Gasteiger partial charge in [-0.2, -0.15) is 0 Å². The van der Waals surface area contributed by atoms with Gasteiger partial charge in [0.2, 0.25) is 5.91 Å². The van der Waals surface area contributed by atoms with Crippen molar-refractivity contribution in [3.05, 3.63) is 34.9 Å². The third-order valence-corrected chi connectivity index (χ3v) is 2.50. The Bertz CT molecular complexity index is 424. The van der Waals surface area contributed by atoms with Crippen LogP contribution < -0.4 is 5.32 Å². The second-order valence-corrected chi connectivity index (χ2v) is 4.18. The molecule has 1 aromatic rings. The lowest BCUT2D eigenvalue weighted by Crippen LogP contribution is -2.40. The molecule has 0 saturated heterocycles. The fourth-order valence-corrected chi connectivity index (χ4v) is 1.51. The lowest BCUT2D eigenvalue weighted by Gasteiger charge is -2.17. The Morgan fingerprint density at radius 3 is 2.71 bits per heavy atom. The Labute approximate surface area is 109 Å². The standard InChI is InChI=1S/C11H12Cl2N2O2/c1-15(11(17)14-10(16)6-12)7-8-3-2-4-9(13)5-8/h2-5H,6-7H2,1H3,(H,14,16,17).